The number of rotatable bonds is 4. The summed E-state index contributed by atoms with van der Waals surface area (Å²) < 4.78 is 18.3. The summed E-state index contributed by atoms with van der Waals surface area (Å²) in [6.45, 7) is 1.24. The van der Waals surface area contributed by atoms with Crippen LogP contribution in [0.25, 0.3) is 0 Å². The van der Waals surface area contributed by atoms with Crippen LogP contribution in [0.4, 0.5) is 10.5 Å². The van der Waals surface area contributed by atoms with Crippen molar-refractivity contribution in [1.29, 1.82) is 0 Å². The lowest BCUT2D eigenvalue weighted by atomic mass is 10.3. The van der Waals surface area contributed by atoms with E-state index >= 15 is 0 Å². The van der Waals surface area contributed by atoms with E-state index in [1.165, 1.54) is 24.0 Å². The number of urea groups is 1. The number of nitrogens with zero attached hydrogens (tertiary/aromatic N) is 1. The summed E-state index contributed by atoms with van der Waals surface area (Å²) in [6, 6.07) is 6.01. The van der Waals surface area contributed by atoms with Gasteiger partial charge in [-0.25, -0.2) is 9.52 Å². The molecule has 0 saturated carbocycles. The van der Waals surface area contributed by atoms with Crippen molar-refractivity contribution in [2.75, 3.05) is 19.4 Å². The van der Waals surface area contributed by atoms with E-state index in [2.05, 4.69) is 10.0 Å². The maximum Gasteiger partial charge on any atom is 0.321 e. The molecule has 1 unspecified atom stereocenters. The summed E-state index contributed by atoms with van der Waals surface area (Å²) in [7, 11) is 3.26. The zero-order chi connectivity index (χ0) is 14.4. The largest absolute Gasteiger partial charge is 0.385 e. The highest BCUT2D eigenvalue weighted by molar-refractivity contribution is 7.79. The molecule has 1 aromatic carbocycles. The molecular weight excluding hydrogens is 270 g/mol. The number of benzene rings is 1. The lowest BCUT2D eigenvalue weighted by Crippen LogP contribution is -2.27. The van der Waals surface area contributed by atoms with Gasteiger partial charge in [-0.2, -0.15) is 4.21 Å². The first kappa shape index (κ1) is 15.0. The molecule has 8 heteroatoms. The van der Waals surface area contributed by atoms with Crippen LogP contribution >= 0.6 is 0 Å². The Morgan fingerprint density at radius 3 is 2.26 bits per heavy atom. The molecule has 0 bridgehead atoms. The number of amides is 3. The SMILES string of the molecule is CC(=O)NS(=O)Oc1ccc(NC(=O)N(C)C)cc1. The normalized spacial score (nSPS) is 11.3. The van der Waals surface area contributed by atoms with E-state index in [-0.39, 0.29) is 6.03 Å². The second-order valence-electron chi connectivity index (χ2n) is 3.83. The molecule has 0 spiro atoms. The summed E-state index contributed by atoms with van der Waals surface area (Å²) in [5, 5.41) is 2.64. The average molecular weight is 285 g/mol. The van der Waals surface area contributed by atoms with Crippen LogP contribution in [0, 0.1) is 0 Å². The fraction of sp³-hybridized carbons (Fsp3) is 0.273. The number of hydrogen-bond donors (Lipinski definition) is 2. The highest BCUT2D eigenvalue weighted by Crippen LogP contribution is 2.16. The number of anilines is 1. The summed E-state index contributed by atoms with van der Waals surface area (Å²) >= 11 is -1.92. The van der Waals surface area contributed by atoms with Crippen LogP contribution in [0.5, 0.6) is 5.75 Å². The van der Waals surface area contributed by atoms with Gasteiger partial charge in [0, 0.05) is 26.7 Å². The van der Waals surface area contributed by atoms with Gasteiger partial charge < -0.3 is 14.4 Å². The van der Waals surface area contributed by atoms with Crippen LogP contribution in [-0.2, 0) is 16.1 Å². The van der Waals surface area contributed by atoms with Gasteiger partial charge in [-0.1, -0.05) is 0 Å². The fourth-order valence-electron chi connectivity index (χ4n) is 1.05. The first-order valence-corrected chi connectivity index (χ1v) is 6.41. The lowest BCUT2D eigenvalue weighted by molar-refractivity contribution is -0.117. The van der Waals surface area contributed by atoms with E-state index < -0.39 is 17.2 Å². The molecule has 19 heavy (non-hydrogen) atoms. The molecule has 0 aliphatic heterocycles. The van der Waals surface area contributed by atoms with Gasteiger partial charge in [0.25, 0.3) is 0 Å². The highest BCUT2D eigenvalue weighted by Gasteiger charge is 2.06. The van der Waals surface area contributed by atoms with Gasteiger partial charge in [0.05, 0.1) is 0 Å². The lowest BCUT2D eigenvalue weighted by Gasteiger charge is -2.12. The van der Waals surface area contributed by atoms with E-state index in [0.717, 1.165) is 0 Å². The maximum atomic E-state index is 11.4. The zero-order valence-electron chi connectivity index (χ0n) is 10.8. The van der Waals surface area contributed by atoms with E-state index in [1.807, 2.05) is 0 Å². The molecule has 1 aromatic rings. The number of nitrogens with one attached hydrogen (secondary N) is 2. The van der Waals surface area contributed by atoms with E-state index in [1.54, 1.807) is 26.2 Å². The second-order valence-corrected chi connectivity index (χ2v) is 4.67. The Balaban J connectivity index is 2.59. The summed E-state index contributed by atoms with van der Waals surface area (Å²) in [4.78, 5) is 23.4. The third kappa shape index (κ3) is 5.38. The van der Waals surface area contributed by atoms with Gasteiger partial charge in [0.15, 0.2) is 0 Å². The van der Waals surface area contributed by atoms with Crippen molar-refractivity contribution in [3.05, 3.63) is 24.3 Å². The predicted octanol–water partition coefficient (Wildman–Crippen LogP) is 0.874. The van der Waals surface area contributed by atoms with Crippen molar-refractivity contribution >= 4 is 28.9 Å². The summed E-state index contributed by atoms with van der Waals surface area (Å²) in [6.07, 6.45) is 0. The monoisotopic (exact) mass is 285 g/mol. The van der Waals surface area contributed by atoms with E-state index in [4.69, 9.17) is 4.18 Å². The van der Waals surface area contributed by atoms with Crippen LogP contribution in [-0.4, -0.2) is 35.1 Å². The number of hydrogen-bond acceptors (Lipinski definition) is 4. The topological polar surface area (TPSA) is 87.7 Å². The third-order valence-electron chi connectivity index (χ3n) is 1.91. The van der Waals surface area contributed by atoms with Crippen LogP contribution in [0.2, 0.25) is 0 Å². The van der Waals surface area contributed by atoms with E-state index in [9.17, 15) is 13.8 Å². The van der Waals surface area contributed by atoms with E-state index in [0.29, 0.717) is 11.4 Å². The highest BCUT2D eigenvalue weighted by atomic mass is 32.2. The van der Waals surface area contributed by atoms with Gasteiger partial charge in [-0.15, -0.1) is 0 Å². The van der Waals surface area contributed by atoms with Gasteiger partial charge >= 0.3 is 17.3 Å². The van der Waals surface area contributed by atoms with Crippen molar-refractivity contribution in [2.24, 2.45) is 0 Å². The number of carbonyl (C=O) groups excluding carboxylic acids is 2. The standard InChI is InChI=1S/C11H15N3O4S/c1-8(15)13-19(17)18-10-6-4-9(5-7-10)12-11(16)14(2)3/h4-7H,1-3H3,(H,12,16)(H,13,15). The molecule has 0 saturated heterocycles. The van der Waals surface area contributed by atoms with Gasteiger partial charge in [-0.05, 0) is 24.3 Å². The van der Waals surface area contributed by atoms with Gasteiger partial charge in [-0.3, -0.25) is 4.79 Å². The molecule has 3 amide bonds. The molecule has 0 aliphatic carbocycles. The minimum Gasteiger partial charge on any atom is -0.385 e. The number of carbonyl (C=O) groups is 2. The first-order chi connectivity index (χ1) is 8.88. The Morgan fingerprint density at radius 1 is 1.21 bits per heavy atom. The maximum absolute atomic E-state index is 11.4. The zero-order valence-corrected chi connectivity index (χ0v) is 11.6. The van der Waals surface area contributed by atoms with Crippen LogP contribution in [0.3, 0.4) is 0 Å². The van der Waals surface area contributed by atoms with Crippen molar-refractivity contribution in [2.45, 2.75) is 6.92 Å². The van der Waals surface area contributed by atoms with Crippen molar-refractivity contribution in [3.8, 4) is 5.75 Å². The minimum atomic E-state index is -1.92. The Bertz CT molecular complexity index is 487. The summed E-state index contributed by atoms with van der Waals surface area (Å²) in [5.74, 6) is -0.136. The molecule has 1 rings (SSSR count). The van der Waals surface area contributed by atoms with Crippen molar-refractivity contribution in [3.63, 3.8) is 0 Å². The molecule has 7 nitrogen and oxygen atoms in total. The molecule has 104 valence electrons. The predicted molar refractivity (Wildman–Crippen MR) is 71.7 cm³/mol. The van der Waals surface area contributed by atoms with Crippen molar-refractivity contribution < 1.29 is 18.0 Å². The van der Waals surface area contributed by atoms with Crippen LogP contribution in [0.15, 0.2) is 24.3 Å². The molecular formula is C11H15N3O4S. The third-order valence-corrected chi connectivity index (χ3v) is 2.71. The summed E-state index contributed by atoms with van der Waals surface area (Å²) in [5.41, 5.74) is 0.580. The Labute approximate surface area is 113 Å². The molecule has 0 fully saturated rings. The van der Waals surface area contributed by atoms with Crippen molar-refractivity contribution in [1.82, 2.24) is 9.62 Å². The Kier molecular flexibility index (Phi) is 5.31. The molecule has 0 radical (unpaired) electrons. The smallest absolute Gasteiger partial charge is 0.321 e. The van der Waals surface area contributed by atoms with Crippen LogP contribution < -0.4 is 14.2 Å². The Morgan fingerprint density at radius 2 is 1.79 bits per heavy atom. The minimum absolute atomic E-state index is 0.254. The molecule has 2 N–H and O–H groups in total. The molecule has 0 heterocycles. The van der Waals surface area contributed by atoms with Crippen LogP contribution in [0.1, 0.15) is 6.92 Å². The fourth-order valence-corrected chi connectivity index (χ4v) is 1.62. The average Bonchev–Trinajstić information content (AvgIpc) is 2.30. The molecule has 1 atom stereocenters. The molecule has 0 aliphatic rings. The first-order valence-electron chi connectivity index (χ1n) is 5.34. The quantitative estimate of drug-likeness (QED) is 0.859. The molecule has 0 aromatic heterocycles. The Hall–Kier alpha value is -2.09. The van der Waals surface area contributed by atoms with Gasteiger partial charge in [0.2, 0.25) is 5.91 Å². The second kappa shape index (κ2) is 6.74. The van der Waals surface area contributed by atoms with Gasteiger partial charge in [0.1, 0.15) is 5.75 Å².